The van der Waals surface area contributed by atoms with Gasteiger partial charge in [-0.25, -0.2) is 0 Å². The zero-order chi connectivity index (χ0) is 9.90. The highest BCUT2D eigenvalue weighted by Gasteiger charge is 2.19. The van der Waals surface area contributed by atoms with Crippen molar-refractivity contribution in [2.45, 2.75) is 30.8 Å². The SMILES string of the molecule is CC[C@](C)(O)c1ccc(SC)cc1. The number of hydrogen-bond donors (Lipinski definition) is 1. The van der Waals surface area contributed by atoms with Crippen LogP contribution in [0.2, 0.25) is 0 Å². The Bertz CT molecular complexity index is 264. The van der Waals surface area contributed by atoms with Crippen LogP contribution < -0.4 is 0 Å². The molecule has 1 rings (SSSR count). The second-order valence-corrected chi connectivity index (χ2v) is 4.24. The van der Waals surface area contributed by atoms with E-state index >= 15 is 0 Å². The highest BCUT2D eigenvalue weighted by Crippen LogP contribution is 2.25. The molecule has 0 saturated carbocycles. The van der Waals surface area contributed by atoms with Crippen LogP contribution in [0.1, 0.15) is 25.8 Å². The van der Waals surface area contributed by atoms with Crippen LogP contribution in [0.4, 0.5) is 0 Å². The summed E-state index contributed by atoms with van der Waals surface area (Å²) in [7, 11) is 0. The molecule has 0 aliphatic carbocycles. The Kier molecular flexibility index (Phi) is 3.40. The van der Waals surface area contributed by atoms with Gasteiger partial charge in [0.1, 0.15) is 0 Å². The monoisotopic (exact) mass is 196 g/mol. The highest BCUT2D eigenvalue weighted by atomic mass is 32.2. The third kappa shape index (κ3) is 2.48. The predicted octanol–water partition coefficient (Wildman–Crippen LogP) is 3.03. The molecule has 0 aliphatic heterocycles. The first-order valence-corrected chi connectivity index (χ1v) is 5.69. The normalized spacial score (nSPS) is 15.4. The largest absolute Gasteiger partial charge is 0.385 e. The van der Waals surface area contributed by atoms with Crippen LogP contribution in [0.5, 0.6) is 0 Å². The van der Waals surface area contributed by atoms with Gasteiger partial charge in [-0.15, -0.1) is 11.8 Å². The zero-order valence-electron chi connectivity index (χ0n) is 8.37. The van der Waals surface area contributed by atoms with Crippen molar-refractivity contribution in [3.05, 3.63) is 29.8 Å². The van der Waals surface area contributed by atoms with Crippen molar-refractivity contribution < 1.29 is 5.11 Å². The molecular weight excluding hydrogens is 180 g/mol. The molecule has 13 heavy (non-hydrogen) atoms. The first-order valence-electron chi connectivity index (χ1n) is 4.47. The van der Waals surface area contributed by atoms with Gasteiger partial charge in [0.15, 0.2) is 0 Å². The van der Waals surface area contributed by atoms with Gasteiger partial charge in [0.25, 0.3) is 0 Å². The quantitative estimate of drug-likeness (QED) is 0.750. The molecule has 0 unspecified atom stereocenters. The topological polar surface area (TPSA) is 20.2 Å². The Morgan fingerprint density at radius 2 is 1.85 bits per heavy atom. The van der Waals surface area contributed by atoms with Crippen LogP contribution >= 0.6 is 11.8 Å². The summed E-state index contributed by atoms with van der Waals surface area (Å²) in [5, 5.41) is 9.95. The summed E-state index contributed by atoms with van der Waals surface area (Å²) in [4.78, 5) is 1.23. The second kappa shape index (κ2) is 4.16. The molecule has 0 amide bonds. The summed E-state index contributed by atoms with van der Waals surface area (Å²) < 4.78 is 0. The molecule has 0 heterocycles. The fraction of sp³-hybridized carbons (Fsp3) is 0.455. The Hall–Kier alpha value is -0.470. The summed E-state index contributed by atoms with van der Waals surface area (Å²) in [5.41, 5.74) is 0.310. The minimum atomic E-state index is -0.684. The second-order valence-electron chi connectivity index (χ2n) is 3.36. The molecule has 2 heteroatoms. The van der Waals surface area contributed by atoms with Gasteiger partial charge in [-0.2, -0.15) is 0 Å². The fourth-order valence-corrected chi connectivity index (χ4v) is 1.56. The Morgan fingerprint density at radius 1 is 1.31 bits per heavy atom. The zero-order valence-corrected chi connectivity index (χ0v) is 9.19. The van der Waals surface area contributed by atoms with Crippen molar-refractivity contribution in [2.24, 2.45) is 0 Å². The van der Waals surface area contributed by atoms with Crippen LogP contribution in [0.3, 0.4) is 0 Å². The van der Waals surface area contributed by atoms with Gasteiger partial charge in [0, 0.05) is 4.90 Å². The summed E-state index contributed by atoms with van der Waals surface area (Å²) >= 11 is 1.71. The Morgan fingerprint density at radius 3 is 2.23 bits per heavy atom. The Balaban J connectivity index is 2.92. The number of rotatable bonds is 3. The molecule has 0 bridgehead atoms. The summed E-state index contributed by atoms with van der Waals surface area (Å²) in [6.07, 6.45) is 2.79. The molecule has 0 radical (unpaired) electrons. The van der Waals surface area contributed by atoms with Crippen molar-refractivity contribution >= 4 is 11.8 Å². The van der Waals surface area contributed by atoms with Crippen LogP contribution in [0.25, 0.3) is 0 Å². The lowest BCUT2D eigenvalue weighted by Gasteiger charge is -2.21. The number of hydrogen-bond acceptors (Lipinski definition) is 2. The van der Waals surface area contributed by atoms with E-state index in [1.165, 1.54) is 4.90 Å². The fourth-order valence-electron chi connectivity index (χ4n) is 1.15. The summed E-state index contributed by atoms with van der Waals surface area (Å²) in [6.45, 7) is 3.84. The van der Waals surface area contributed by atoms with Crippen LogP contribution in [-0.2, 0) is 5.60 Å². The van der Waals surface area contributed by atoms with Crippen molar-refractivity contribution in [2.75, 3.05) is 6.26 Å². The lowest BCUT2D eigenvalue weighted by molar-refractivity contribution is 0.0530. The van der Waals surface area contributed by atoms with Gasteiger partial charge < -0.3 is 5.11 Å². The molecule has 0 spiro atoms. The molecule has 72 valence electrons. The van der Waals surface area contributed by atoms with E-state index < -0.39 is 5.60 Å². The van der Waals surface area contributed by atoms with Gasteiger partial charge in [-0.05, 0) is 37.3 Å². The first kappa shape index (κ1) is 10.6. The average Bonchev–Trinajstić information content (AvgIpc) is 2.18. The molecule has 1 nitrogen and oxygen atoms in total. The maximum Gasteiger partial charge on any atom is 0.0865 e. The van der Waals surface area contributed by atoms with Crippen LogP contribution in [-0.4, -0.2) is 11.4 Å². The van der Waals surface area contributed by atoms with Crippen molar-refractivity contribution in [1.82, 2.24) is 0 Å². The number of benzene rings is 1. The molecule has 1 atom stereocenters. The summed E-state index contributed by atoms with van der Waals surface area (Å²) in [6, 6.07) is 8.08. The molecular formula is C11H16OS. The van der Waals surface area contributed by atoms with E-state index in [2.05, 4.69) is 0 Å². The van der Waals surface area contributed by atoms with E-state index in [0.29, 0.717) is 0 Å². The van der Waals surface area contributed by atoms with E-state index in [1.807, 2.05) is 44.4 Å². The third-order valence-electron chi connectivity index (χ3n) is 2.40. The molecule has 0 aliphatic rings. The van der Waals surface area contributed by atoms with E-state index in [4.69, 9.17) is 0 Å². The van der Waals surface area contributed by atoms with E-state index in [0.717, 1.165) is 12.0 Å². The van der Waals surface area contributed by atoms with Crippen LogP contribution in [0, 0.1) is 0 Å². The molecule has 0 aromatic heterocycles. The lowest BCUT2D eigenvalue weighted by Crippen LogP contribution is -2.19. The van der Waals surface area contributed by atoms with Crippen LogP contribution in [0.15, 0.2) is 29.2 Å². The van der Waals surface area contributed by atoms with Crippen molar-refractivity contribution in [1.29, 1.82) is 0 Å². The minimum Gasteiger partial charge on any atom is -0.385 e. The number of aliphatic hydroxyl groups is 1. The van der Waals surface area contributed by atoms with Crippen molar-refractivity contribution in [3.8, 4) is 0 Å². The minimum absolute atomic E-state index is 0.684. The van der Waals surface area contributed by atoms with E-state index in [-0.39, 0.29) is 0 Å². The number of thioether (sulfide) groups is 1. The predicted molar refractivity (Wildman–Crippen MR) is 58.1 cm³/mol. The lowest BCUT2D eigenvalue weighted by atomic mass is 9.94. The summed E-state index contributed by atoms with van der Waals surface area (Å²) in [5.74, 6) is 0. The van der Waals surface area contributed by atoms with Gasteiger partial charge in [-0.3, -0.25) is 0 Å². The Labute approximate surface area is 84.2 Å². The van der Waals surface area contributed by atoms with Crippen molar-refractivity contribution in [3.63, 3.8) is 0 Å². The standard InChI is InChI=1S/C11H16OS/c1-4-11(2,12)9-5-7-10(13-3)8-6-9/h5-8,12H,4H2,1-3H3/t11-/m0/s1. The van der Waals surface area contributed by atoms with Gasteiger partial charge in [0.05, 0.1) is 5.60 Å². The smallest absolute Gasteiger partial charge is 0.0865 e. The third-order valence-corrected chi connectivity index (χ3v) is 3.14. The molecule has 0 fully saturated rings. The average molecular weight is 196 g/mol. The van der Waals surface area contributed by atoms with E-state index in [9.17, 15) is 5.11 Å². The molecule has 0 saturated heterocycles. The molecule has 1 aromatic rings. The van der Waals surface area contributed by atoms with Gasteiger partial charge in [-0.1, -0.05) is 19.1 Å². The highest BCUT2D eigenvalue weighted by molar-refractivity contribution is 7.98. The first-order chi connectivity index (χ1) is 6.10. The molecule has 1 N–H and O–H groups in total. The molecule has 1 aromatic carbocycles. The van der Waals surface area contributed by atoms with Gasteiger partial charge in [0.2, 0.25) is 0 Å². The maximum absolute atomic E-state index is 9.95. The van der Waals surface area contributed by atoms with Gasteiger partial charge >= 0.3 is 0 Å². The van der Waals surface area contributed by atoms with E-state index in [1.54, 1.807) is 11.8 Å². The maximum atomic E-state index is 9.95.